The summed E-state index contributed by atoms with van der Waals surface area (Å²) in [7, 11) is 0. The summed E-state index contributed by atoms with van der Waals surface area (Å²) < 4.78 is 15.2. The number of benzene rings is 1. The van der Waals surface area contributed by atoms with Crippen molar-refractivity contribution in [1.29, 1.82) is 0 Å². The van der Waals surface area contributed by atoms with Gasteiger partial charge < -0.3 is 10.3 Å². The van der Waals surface area contributed by atoms with Gasteiger partial charge in [0.25, 0.3) is 5.91 Å². The van der Waals surface area contributed by atoms with Gasteiger partial charge in [-0.05, 0) is 37.3 Å². The lowest BCUT2D eigenvalue weighted by Crippen LogP contribution is -2.32. The molecule has 130 valence electrons. The van der Waals surface area contributed by atoms with Crippen molar-refractivity contribution in [3.63, 3.8) is 0 Å². The number of aromatic nitrogens is 4. The number of carbonyl (C=O) groups is 1. The highest BCUT2D eigenvalue weighted by atomic mass is 19.1. The van der Waals surface area contributed by atoms with Crippen molar-refractivity contribution in [2.75, 3.05) is 0 Å². The monoisotopic (exact) mass is 351 g/mol. The van der Waals surface area contributed by atoms with Gasteiger partial charge in [-0.15, -0.1) is 10.2 Å². The molecule has 0 spiro atoms. The molecule has 0 fully saturated rings. The quantitative estimate of drug-likeness (QED) is 0.592. The first-order chi connectivity index (χ1) is 12.5. The summed E-state index contributed by atoms with van der Waals surface area (Å²) in [6.45, 7) is 1.75. The third-order valence-electron chi connectivity index (χ3n) is 4.16. The number of nitrogens with one attached hydrogen (secondary N) is 2. The fraction of sp³-hybridized carbons (Fsp3) is 0.111. The standard InChI is InChI=1S/C18H14FN5O2/c1-10(17-23-22-15-4-2-3-7-24(15)17)21-18(26)13-9-20-14-6-5-11(19)8-12(14)16(13)25/h2-10H,1H3,(H,20,25)(H,21,26)/t10-/m1/s1. The van der Waals surface area contributed by atoms with Gasteiger partial charge in [0, 0.05) is 23.3 Å². The molecular formula is C18H14FN5O2. The van der Waals surface area contributed by atoms with Crippen LogP contribution in [0.3, 0.4) is 0 Å². The summed E-state index contributed by atoms with van der Waals surface area (Å²) in [5.74, 6) is -0.571. The van der Waals surface area contributed by atoms with Crippen LogP contribution >= 0.6 is 0 Å². The number of amides is 1. The Labute approximate surface area is 146 Å². The number of pyridine rings is 2. The molecule has 3 heterocycles. The van der Waals surface area contributed by atoms with Crippen molar-refractivity contribution in [2.24, 2.45) is 0 Å². The predicted molar refractivity (Wildman–Crippen MR) is 93.4 cm³/mol. The molecule has 8 heteroatoms. The summed E-state index contributed by atoms with van der Waals surface area (Å²) in [4.78, 5) is 27.9. The third-order valence-corrected chi connectivity index (χ3v) is 4.16. The topological polar surface area (TPSA) is 92.1 Å². The Bertz CT molecular complexity index is 1200. The van der Waals surface area contributed by atoms with Gasteiger partial charge in [-0.3, -0.25) is 14.0 Å². The highest BCUT2D eigenvalue weighted by molar-refractivity contribution is 5.97. The molecule has 4 aromatic rings. The van der Waals surface area contributed by atoms with E-state index in [0.717, 1.165) is 6.07 Å². The zero-order valence-electron chi connectivity index (χ0n) is 13.7. The number of aromatic amines is 1. The minimum Gasteiger partial charge on any atom is -0.360 e. The number of H-pyrrole nitrogens is 1. The lowest BCUT2D eigenvalue weighted by Gasteiger charge is -2.12. The number of rotatable bonds is 3. The van der Waals surface area contributed by atoms with E-state index in [1.165, 1.54) is 18.3 Å². The Kier molecular flexibility index (Phi) is 3.72. The van der Waals surface area contributed by atoms with Crippen LogP contribution in [0, 0.1) is 5.82 Å². The van der Waals surface area contributed by atoms with Crippen LogP contribution in [0.15, 0.2) is 53.6 Å². The van der Waals surface area contributed by atoms with E-state index >= 15 is 0 Å². The Hall–Kier alpha value is -3.55. The van der Waals surface area contributed by atoms with Crippen LogP contribution in [0.25, 0.3) is 16.6 Å². The molecule has 0 aliphatic heterocycles. The van der Waals surface area contributed by atoms with Crippen molar-refractivity contribution in [1.82, 2.24) is 24.9 Å². The van der Waals surface area contributed by atoms with Gasteiger partial charge in [-0.1, -0.05) is 6.07 Å². The Morgan fingerprint density at radius 2 is 2.12 bits per heavy atom. The summed E-state index contributed by atoms with van der Waals surface area (Å²) in [5, 5.41) is 11.0. The van der Waals surface area contributed by atoms with Gasteiger partial charge in [0.15, 0.2) is 11.5 Å². The van der Waals surface area contributed by atoms with Crippen LogP contribution in [0.1, 0.15) is 29.1 Å². The van der Waals surface area contributed by atoms with Crippen LogP contribution in [0.5, 0.6) is 0 Å². The van der Waals surface area contributed by atoms with Crippen molar-refractivity contribution in [2.45, 2.75) is 13.0 Å². The lowest BCUT2D eigenvalue weighted by atomic mass is 10.1. The van der Waals surface area contributed by atoms with E-state index in [1.54, 1.807) is 23.6 Å². The fourth-order valence-electron chi connectivity index (χ4n) is 2.85. The average molecular weight is 351 g/mol. The Morgan fingerprint density at radius 1 is 1.27 bits per heavy atom. The molecule has 0 bridgehead atoms. The molecule has 7 nitrogen and oxygen atoms in total. The highest BCUT2D eigenvalue weighted by Crippen LogP contribution is 2.13. The Morgan fingerprint density at radius 3 is 2.96 bits per heavy atom. The Balaban J connectivity index is 1.67. The molecular weight excluding hydrogens is 337 g/mol. The highest BCUT2D eigenvalue weighted by Gasteiger charge is 2.19. The summed E-state index contributed by atoms with van der Waals surface area (Å²) in [5.41, 5.74) is 0.491. The van der Waals surface area contributed by atoms with Crippen molar-refractivity contribution in [3.05, 3.63) is 76.2 Å². The predicted octanol–water partition coefficient (Wildman–Crippen LogP) is 2.20. The molecule has 2 N–H and O–H groups in total. The van der Waals surface area contributed by atoms with Crippen LogP contribution in [-0.4, -0.2) is 25.5 Å². The molecule has 0 radical (unpaired) electrons. The van der Waals surface area contributed by atoms with Gasteiger partial charge in [-0.25, -0.2) is 4.39 Å². The minimum atomic E-state index is -0.572. The second-order valence-electron chi connectivity index (χ2n) is 5.90. The molecule has 0 aliphatic carbocycles. The second kappa shape index (κ2) is 6.07. The number of hydrogen-bond acceptors (Lipinski definition) is 4. The van der Waals surface area contributed by atoms with Crippen molar-refractivity contribution >= 4 is 22.5 Å². The van der Waals surface area contributed by atoms with E-state index in [1.807, 2.05) is 12.1 Å². The average Bonchev–Trinajstić information content (AvgIpc) is 3.06. The molecule has 1 amide bonds. The van der Waals surface area contributed by atoms with Crippen LogP contribution < -0.4 is 10.7 Å². The largest absolute Gasteiger partial charge is 0.360 e. The smallest absolute Gasteiger partial charge is 0.257 e. The first-order valence-electron chi connectivity index (χ1n) is 7.96. The van der Waals surface area contributed by atoms with Gasteiger partial charge in [0.05, 0.1) is 6.04 Å². The number of carbonyl (C=O) groups excluding carboxylic acids is 1. The lowest BCUT2D eigenvalue weighted by molar-refractivity contribution is 0.0937. The first-order valence-corrected chi connectivity index (χ1v) is 7.96. The first kappa shape index (κ1) is 15.9. The van der Waals surface area contributed by atoms with Gasteiger partial charge >= 0.3 is 0 Å². The molecule has 3 aromatic heterocycles. The zero-order valence-corrected chi connectivity index (χ0v) is 13.7. The number of hydrogen-bond donors (Lipinski definition) is 2. The number of nitrogens with zero attached hydrogens (tertiary/aromatic N) is 3. The summed E-state index contributed by atoms with van der Waals surface area (Å²) >= 11 is 0. The van der Waals surface area contributed by atoms with E-state index in [2.05, 4.69) is 20.5 Å². The van der Waals surface area contributed by atoms with E-state index in [9.17, 15) is 14.0 Å². The molecule has 4 rings (SSSR count). The fourth-order valence-corrected chi connectivity index (χ4v) is 2.85. The van der Waals surface area contributed by atoms with Crippen LogP contribution in [0.4, 0.5) is 4.39 Å². The molecule has 0 saturated heterocycles. The molecule has 0 aliphatic rings. The van der Waals surface area contributed by atoms with Crippen LogP contribution in [-0.2, 0) is 0 Å². The van der Waals surface area contributed by atoms with Crippen molar-refractivity contribution in [3.8, 4) is 0 Å². The summed E-state index contributed by atoms with van der Waals surface area (Å²) in [6, 6.07) is 8.80. The number of fused-ring (bicyclic) bond motifs is 2. The minimum absolute atomic E-state index is 0.0937. The number of halogens is 1. The molecule has 1 atom stereocenters. The second-order valence-corrected chi connectivity index (χ2v) is 5.90. The van der Waals surface area contributed by atoms with Crippen molar-refractivity contribution < 1.29 is 9.18 Å². The van der Waals surface area contributed by atoms with E-state index in [4.69, 9.17) is 0 Å². The van der Waals surface area contributed by atoms with E-state index < -0.39 is 23.2 Å². The maximum absolute atomic E-state index is 13.4. The van der Waals surface area contributed by atoms with E-state index in [0.29, 0.717) is 17.0 Å². The maximum Gasteiger partial charge on any atom is 0.257 e. The molecule has 0 saturated carbocycles. The normalized spacial score (nSPS) is 12.4. The van der Waals surface area contributed by atoms with Crippen LogP contribution in [0.2, 0.25) is 0 Å². The van der Waals surface area contributed by atoms with Gasteiger partial charge in [-0.2, -0.15) is 0 Å². The van der Waals surface area contributed by atoms with E-state index in [-0.39, 0.29) is 10.9 Å². The van der Waals surface area contributed by atoms with Gasteiger partial charge in [0.1, 0.15) is 11.4 Å². The molecule has 0 unspecified atom stereocenters. The summed E-state index contributed by atoms with van der Waals surface area (Å²) in [6.07, 6.45) is 3.12. The zero-order chi connectivity index (χ0) is 18.3. The third kappa shape index (κ3) is 2.61. The molecule has 1 aromatic carbocycles. The SMILES string of the molecule is C[C@@H](NC(=O)c1c[nH]c2ccc(F)cc2c1=O)c1nnc2ccccn12. The maximum atomic E-state index is 13.4. The van der Waals surface area contributed by atoms with Gasteiger partial charge in [0.2, 0.25) is 5.43 Å². The molecule has 26 heavy (non-hydrogen) atoms.